The zero-order valence-corrected chi connectivity index (χ0v) is 18.9. The number of piperidine rings is 1. The molecule has 3 aromatic rings. The Bertz CT molecular complexity index is 1160. The van der Waals surface area contributed by atoms with E-state index in [0.717, 1.165) is 44.6 Å². The highest BCUT2D eigenvalue weighted by Crippen LogP contribution is 2.44. The molecule has 1 saturated heterocycles. The Morgan fingerprint density at radius 1 is 0.912 bits per heavy atom. The first-order chi connectivity index (χ1) is 16.5. The van der Waals surface area contributed by atoms with Gasteiger partial charge in [-0.25, -0.2) is 13.6 Å². The van der Waals surface area contributed by atoms with Crippen molar-refractivity contribution in [3.8, 4) is 11.1 Å². The van der Waals surface area contributed by atoms with Crippen LogP contribution in [0.4, 0.5) is 19.3 Å². The van der Waals surface area contributed by atoms with Crippen molar-refractivity contribution in [1.82, 2.24) is 4.90 Å². The van der Waals surface area contributed by atoms with E-state index in [-0.39, 0.29) is 5.92 Å². The Labute approximate surface area is 198 Å². The average Bonchev–Trinajstić information content (AvgIpc) is 3.07. The first kappa shape index (κ1) is 22.5. The third kappa shape index (κ3) is 4.55. The number of hydrogen-bond acceptors (Lipinski definition) is 2. The molecule has 2 aliphatic rings. The number of para-hydroxylation sites is 1. The zero-order valence-electron chi connectivity index (χ0n) is 18.9. The molecule has 1 N–H and O–H groups in total. The fourth-order valence-corrected chi connectivity index (χ4v) is 5.81. The van der Waals surface area contributed by atoms with Crippen molar-refractivity contribution >= 4 is 11.8 Å². The highest BCUT2D eigenvalue weighted by molar-refractivity contribution is 5.92. The Kier molecular flexibility index (Phi) is 6.33. The normalized spacial score (nSPS) is 22.0. The molecule has 2 atom stereocenters. The number of fused-ring (bicyclic) bond motifs is 2. The van der Waals surface area contributed by atoms with Crippen LogP contribution in [0.25, 0.3) is 11.1 Å². The second-order valence-corrected chi connectivity index (χ2v) is 9.48. The van der Waals surface area contributed by atoms with Crippen molar-refractivity contribution in [3.63, 3.8) is 0 Å². The quantitative estimate of drug-likeness (QED) is 0.469. The maximum absolute atomic E-state index is 13.9. The summed E-state index contributed by atoms with van der Waals surface area (Å²) in [4.78, 5) is 16.3. The monoisotopic (exact) mass is 462 g/mol. The SMILES string of the molecule is O=C(O)N(CC1C2CCC1CN(Cc1ccccc1)C2)c1ccccc1-c1ccc(F)c(F)c1. The summed E-state index contributed by atoms with van der Waals surface area (Å²) in [6.07, 6.45) is 1.19. The number of rotatable bonds is 6. The minimum Gasteiger partial charge on any atom is -0.465 e. The van der Waals surface area contributed by atoms with E-state index in [1.54, 1.807) is 24.3 Å². The molecule has 2 fully saturated rings. The summed E-state index contributed by atoms with van der Waals surface area (Å²) in [5.74, 6) is -0.700. The number of likely N-dealkylation sites (tertiary alicyclic amines) is 1. The van der Waals surface area contributed by atoms with Crippen LogP contribution >= 0.6 is 0 Å². The molecule has 3 aromatic carbocycles. The highest BCUT2D eigenvalue weighted by Gasteiger charge is 2.43. The smallest absolute Gasteiger partial charge is 0.411 e. The first-order valence-electron chi connectivity index (χ1n) is 11.8. The molecule has 2 bridgehead atoms. The summed E-state index contributed by atoms with van der Waals surface area (Å²) in [6, 6.07) is 21.2. The topological polar surface area (TPSA) is 43.8 Å². The van der Waals surface area contributed by atoms with E-state index in [0.29, 0.717) is 35.2 Å². The van der Waals surface area contributed by atoms with Gasteiger partial charge in [0.2, 0.25) is 0 Å². The summed E-state index contributed by atoms with van der Waals surface area (Å²) in [5.41, 5.74) is 2.85. The summed E-state index contributed by atoms with van der Waals surface area (Å²) in [6.45, 7) is 3.26. The first-order valence-corrected chi connectivity index (χ1v) is 11.8. The van der Waals surface area contributed by atoms with Crippen LogP contribution in [-0.4, -0.2) is 35.7 Å². The van der Waals surface area contributed by atoms with Crippen molar-refractivity contribution in [1.29, 1.82) is 0 Å². The van der Waals surface area contributed by atoms with Gasteiger partial charge in [0.05, 0.1) is 5.69 Å². The molecule has 0 radical (unpaired) electrons. The van der Waals surface area contributed by atoms with E-state index >= 15 is 0 Å². The average molecular weight is 463 g/mol. The Morgan fingerprint density at radius 2 is 1.59 bits per heavy atom. The summed E-state index contributed by atoms with van der Waals surface area (Å²) < 4.78 is 27.4. The van der Waals surface area contributed by atoms with Crippen LogP contribution in [-0.2, 0) is 6.54 Å². The van der Waals surface area contributed by atoms with E-state index in [1.807, 2.05) is 6.07 Å². The van der Waals surface area contributed by atoms with E-state index in [9.17, 15) is 18.7 Å². The molecule has 4 nitrogen and oxygen atoms in total. The molecule has 2 unspecified atom stereocenters. The molecule has 1 saturated carbocycles. The molecule has 1 heterocycles. The van der Waals surface area contributed by atoms with Crippen LogP contribution in [0.5, 0.6) is 0 Å². The number of benzene rings is 3. The van der Waals surface area contributed by atoms with Crippen molar-refractivity contribution in [2.75, 3.05) is 24.5 Å². The van der Waals surface area contributed by atoms with Crippen LogP contribution in [0, 0.1) is 29.4 Å². The Balaban J connectivity index is 1.37. The summed E-state index contributed by atoms with van der Waals surface area (Å²) in [5, 5.41) is 10.1. The molecular formula is C28H28F2N2O2. The summed E-state index contributed by atoms with van der Waals surface area (Å²) >= 11 is 0. The van der Waals surface area contributed by atoms with Gasteiger partial charge in [0.25, 0.3) is 0 Å². The molecule has 6 heteroatoms. The van der Waals surface area contributed by atoms with Gasteiger partial charge in [-0.1, -0.05) is 54.6 Å². The van der Waals surface area contributed by atoms with Gasteiger partial charge in [-0.2, -0.15) is 0 Å². The zero-order chi connectivity index (χ0) is 23.7. The number of nitrogens with zero attached hydrogens (tertiary/aromatic N) is 2. The van der Waals surface area contributed by atoms with E-state index in [4.69, 9.17) is 0 Å². The molecule has 0 aromatic heterocycles. The molecule has 34 heavy (non-hydrogen) atoms. The van der Waals surface area contributed by atoms with E-state index < -0.39 is 17.7 Å². The van der Waals surface area contributed by atoms with Crippen molar-refractivity contribution in [2.45, 2.75) is 19.4 Å². The highest BCUT2D eigenvalue weighted by atomic mass is 19.2. The molecule has 0 spiro atoms. The predicted molar refractivity (Wildman–Crippen MR) is 129 cm³/mol. The fourth-order valence-electron chi connectivity index (χ4n) is 5.81. The third-order valence-corrected chi connectivity index (χ3v) is 7.40. The maximum Gasteiger partial charge on any atom is 0.411 e. The number of carbonyl (C=O) groups is 1. The molecular weight excluding hydrogens is 434 g/mol. The maximum atomic E-state index is 13.9. The van der Waals surface area contributed by atoms with E-state index in [2.05, 4.69) is 29.2 Å². The molecule has 176 valence electrons. The lowest BCUT2D eigenvalue weighted by atomic mass is 9.84. The van der Waals surface area contributed by atoms with Crippen LogP contribution in [0.1, 0.15) is 18.4 Å². The number of carboxylic acid groups (broad SMARTS) is 1. The van der Waals surface area contributed by atoms with Gasteiger partial charge in [-0.15, -0.1) is 0 Å². The molecule has 5 rings (SSSR count). The van der Waals surface area contributed by atoms with Crippen molar-refractivity contribution < 1.29 is 18.7 Å². The van der Waals surface area contributed by atoms with Crippen molar-refractivity contribution in [2.24, 2.45) is 17.8 Å². The number of halogens is 2. The number of anilines is 1. The van der Waals surface area contributed by atoms with Gasteiger partial charge >= 0.3 is 6.09 Å². The van der Waals surface area contributed by atoms with Crippen LogP contribution in [0.2, 0.25) is 0 Å². The number of hydrogen-bond donors (Lipinski definition) is 1. The molecule has 1 aliphatic carbocycles. The van der Waals surface area contributed by atoms with Gasteiger partial charge in [0, 0.05) is 31.7 Å². The van der Waals surface area contributed by atoms with Gasteiger partial charge < -0.3 is 5.11 Å². The van der Waals surface area contributed by atoms with Crippen molar-refractivity contribution in [3.05, 3.63) is 90.0 Å². The fraction of sp³-hybridized carbons (Fsp3) is 0.321. The lowest BCUT2D eigenvalue weighted by Crippen LogP contribution is -2.47. The second kappa shape index (κ2) is 9.55. The number of amides is 1. The third-order valence-electron chi connectivity index (χ3n) is 7.40. The minimum absolute atomic E-state index is 0.279. The standard InChI is InChI=1S/C28H28F2N2O2/c29-25-13-12-20(14-26(25)30)23-8-4-5-9-27(23)32(28(33)34)18-24-21-10-11-22(24)17-31(16-21)15-19-6-2-1-3-7-19/h1-9,12-14,21-22,24H,10-11,15-18H2,(H,33,34). The largest absolute Gasteiger partial charge is 0.465 e. The molecule has 1 amide bonds. The van der Waals surface area contributed by atoms with E-state index in [1.165, 1.54) is 16.5 Å². The minimum atomic E-state index is -1.03. The van der Waals surface area contributed by atoms with Gasteiger partial charge in [-0.05, 0) is 59.9 Å². The van der Waals surface area contributed by atoms with Gasteiger partial charge in [0.1, 0.15) is 0 Å². The van der Waals surface area contributed by atoms with Crippen LogP contribution < -0.4 is 4.90 Å². The van der Waals surface area contributed by atoms with Crippen LogP contribution in [0.15, 0.2) is 72.8 Å². The predicted octanol–water partition coefficient (Wildman–Crippen LogP) is 6.27. The lowest BCUT2D eigenvalue weighted by molar-refractivity contribution is 0.105. The Hall–Kier alpha value is -3.25. The molecule has 1 aliphatic heterocycles. The Morgan fingerprint density at radius 3 is 2.26 bits per heavy atom. The summed E-state index contributed by atoms with van der Waals surface area (Å²) in [7, 11) is 0. The van der Waals surface area contributed by atoms with Gasteiger partial charge in [0.15, 0.2) is 11.6 Å². The van der Waals surface area contributed by atoms with Gasteiger partial charge in [-0.3, -0.25) is 9.80 Å². The lowest BCUT2D eigenvalue weighted by Gasteiger charge is -2.40. The second-order valence-electron chi connectivity index (χ2n) is 9.48. The van der Waals surface area contributed by atoms with Crippen LogP contribution in [0.3, 0.4) is 0 Å².